The highest BCUT2D eigenvalue weighted by Crippen LogP contribution is 1.99. The van der Waals surface area contributed by atoms with E-state index < -0.39 is 0 Å². The highest BCUT2D eigenvalue weighted by Gasteiger charge is 2.05. The summed E-state index contributed by atoms with van der Waals surface area (Å²) in [4.78, 5) is 4.62. The summed E-state index contributed by atoms with van der Waals surface area (Å²) in [5.74, 6) is 2.54. The molecule has 144 valence electrons. The largest absolute Gasteiger partial charge is 0.382 e. The van der Waals surface area contributed by atoms with Crippen LogP contribution in [0.5, 0.6) is 0 Å². The second-order valence-electron chi connectivity index (χ2n) is 5.70. The van der Waals surface area contributed by atoms with Crippen LogP contribution in [0.15, 0.2) is 4.99 Å². The van der Waals surface area contributed by atoms with Gasteiger partial charge in [-0.05, 0) is 40.0 Å². The van der Waals surface area contributed by atoms with Crippen molar-refractivity contribution in [3.8, 4) is 0 Å². The van der Waals surface area contributed by atoms with Crippen molar-refractivity contribution in [2.45, 2.75) is 46.6 Å². The molecule has 0 atom stereocenters. The van der Waals surface area contributed by atoms with E-state index in [4.69, 9.17) is 9.47 Å². The number of aryl methyl sites for hydroxylation is 1. The van der Waals surface area contributed by atoms with Crippen LogP contribution in [0.2, 0.25) is 0 Å². The van der Waals surface area contributed by atoms with E-state index in [1.54, 1.807) is 0 Å². The highest BCUT2D eigenvalue weighted by atomic mass is 16.5. The Morgan fingerprint density at radius 2 is 1.64 bits per heavy atom. The van der Waals surface area contributed by atoms with Crippen molar-refractivity contribution in [2.24, 2.45) is 12.0 Å². The van der Waals surface area contributed by atoms with Crippen LogP contribution in [-0.4, -0.2) is 60.2 Å². The number of nitrogens with zero attached hydrogens (tertiary/aromatic N) is 4. The van der Waals surface area contributed by atoms with Crippen LogP contribution in [0.4, 0.5) is 0 Å². The van der Waals surface area contributed by atoms with Gasteiger partial charge in [0, 0.05) is 46.6 Å². The summed E-state index contributed by atoms with van der Waals surface area (Å²) in [5, 5.41) is 14.9. The van der Waals surface area contributed by atoms with E-state index in [1.807, 2.05) is 32.4 Å². The van der Waals surface area contributed by atoms with E-state index in [9.17, 15) is 0 Å². The Hall–Kier alpha value is -1.67. The molecule has 0 bridgehead atoms. The summed E-state index contributed by atoms with van der Waals surface area (Å²) in [5.41, 5.74) is 0. The van der Waals surface area contributed by atoms with Gasteiger partial charge in [-0.1, -0.05) is 0 Å². The first-order valence-electron chi connectivity index (χ1n) is 9.21. The van der Waals surface area contributed by atoms with Gasteiger partial charge in [0.15, 0.2) is 11.8 Å². The van der Waals surface area contributed by atoms with Crippen LogP contribution in [0.25, 0.3) is 0 Å². The molecule has 25 heavy (non-hydrogen) atoms. The summed E-state index contributed by atoms with van der Waals surface area (Å²) in [6.07, 6.45) is 3.03. The Morgan fingerprint density at radius 3 is 2.24 bits per heavy atom. The normalized spacial score (nSPS) is 11.8. The SMILES string of the molecule is CCOCCCCNC(=NCc1nnc(C)n1C)NCCCOCC. The van der Waals surface area contributed by atoms with Gasteiger partial charge in [0.05, 0.1) is 0 Å². The first kappa shape index (κ1) is 21.4. The minimum atomic E-state index is 0.497. The lowest BCUT2D eigenvalue weighted by Crippen LogP contribution is -2.38. The molecule has 1 heterocycles. The molecule has 2 N–H and O–H groups in total. The summed E-state index contributed by atoms with van der Waals surface area (Å²) < 4.78 is 12.7. The van der Waals surface area contributed by atoms with Gasteiger partial charge in [0.2, 0.25) is 0 Å². The number of unbranched alkanes of at least 4 members (excludes halogenated alkanes) is 1. The molecule has 1 aromatic rings. The Balaban J connectivity index is 2.42. The van der Waals surface area contributed by atoms with E-state index in [2.05, 4.69) is 25.8 Å². The van der Waals surface area contributed by atoms with Crippen molar-refractivity contribution in [3.05, 3.63) is 11.6 Å². The predicted octanol–water partition coefficient (Wildman–Crippen LogP) is 1.40. The Labute approximate surface area is 151 Å². The molecule has 0 aromatic carbocycles. The van der Waals surface area contributed by atoms with Gasteiger partial charge in [-0.15, -0.1) is 10.2 Å². The first-order chi connectivity index (χ1) is 12.2. The van der Waals surface area contributed by atoms with Gasteiger partial charge in [-0.3, -0.25) is 0 Å². The molecule has 0 amide bonds. The molecule has 0 aliphatic rings. The number of ether oxygens (including phenoxy) is 2. The molecule has 8 heteroatoms. The highest BCUT2D eigenvalue weighted by molar-refractivity contribution is 5.79. The van der Waals surface area contributed by atoms with Crippen LogP contribution >= 0.6 is 0 Å². The Kier molecular flexibility index (Phi) is 11.6. The molecule has 0 saturated heterocycles. The van der Waals surface area contributed by atoms with Gasteiger partial charge < -0.3 is 24.7 Å². The van der Waals surface area contributed by atoms with Crippen LogP contribution in [0, 0.1) is 6.92 Å². The maximum atomic E-state index is 5.36. The quantitative estimate of drug-likeness (QED) is 0.316. The van der Waals surface area contributed by atoms with Gasteiger partial charge in [0.25, 0.3) is 0 Å². The maximum Gasteiger partial charge on any atom is 0.191 e. The van der Waals surface area contributed by atoms with Gasteiger partial charge >= 0.3 is 0 Å². The van der Waals surface area contributed by atoms with E-state index in [-0.39, 0.29) is 0 Å². The number of nitrogens with one attached hydrogen (secondary N) is 2. The standard InChI is InChI=1S/C17H34N6O2/c1-5-24-12-8-7-10-18-17(19-11-9-13-25-6-2)20-14-16-22-21-15(3)23(16)4/h5-14H2,1-4H3,(H2,18,19,20). The zero-order chi connectivity index (χ0) is 18.3. The molecule has 0 saturated carbocycles. The van der Waals surface area contributed by atoms with Crippen molar-refractivity contribution < 1.29 is 9.47 Å². The molecule has 0 aliphatic carbocycles. The minimum absolute atomic E-state index is 0.497. The van der Waals surface area contributed by atoms with Crippen LogP contribution in [0.1, 0.15) is 44.8 Å². The predicted molar refractivity (Wildman–Crippen MR) is 99.7 cm³/mol. The number of hydrogen-bond donors (Lipinski definition) is 2. The molecule has 1 rings (SSSR count). The van der Waals surface area contributed by atoms with Crippen molar-refractivity contribution >= 4 is 5.96 Å². The number of hydrogen-bond acceptors (Lipinski definition) is 5. The summed E-state index contributed by atoms with van der Waals surface area (Å²) in [7, 11) is 1.95. The molecule has 0 spiro atoms. The molecule has 1 aromatic heterocycles. The average molecular weight is 354 g/mol. The Morgan fingerprint density at radius 1 is 1.00 bits per heavy atom. The first-order valence-corrected chi connectivity index (χ1v) is 9.21. The number of rotatable bonds is 13. The zero-order valence-electron chi connectivity index (χ0n) is 16.2. The average Bonchev–Trinajstić information content (AvgIpc) is 2.93. The lowest BCUT2D eigenvalue weighted by Gasteiger charge is -2.12. The minimum Gasteiger partial charge on any atom is -0.382 e. The van der Waals surface area contributed by atoms with Gasteiger partial charge in [-0.25, -0.2) is 4.99 Å². The molecular formula is C17H34N6O2. The fraction of sp³-hybridized carbons (Fsp3) is 0.824. The number of aliphatic imine (C=N–C) groups is 1. The third-order valence-corrected chi connectivity index (χ3v) is 3.74. The summed E-state index contributed by atoms with van der Waals surface area (Å²) in [6.45, 7) is 11.2. The molecule has 8 nitrogen and oxygen atoms in total. The van der Waals surface area contributed by atoms with Crippen molar-refractivity contribution in [1.82, 2.24) is 25.4 Å². The monoisotopic (exact) mass is 354 g/mol. The van der Waals surface area contributed by atoms with E-state index in [0.717, 1.165) is 76.4 Å². The molecular weight excluding hydrogens is 320 g/mol. The third-order valence-electron chi connectivity index (χ3n) is 3.74. The van der Waals surface area contributed by atoms with Crippen LogP contribution in [-0.2, 0) is 23.1 Å². The van der Waals surface area contributed by atoms with E-state index in [0.29, 0.717) is 6.54 Å². The van der Waals surface area contributed by atoms with E-state index in [1.165, 1.54) is 0 Å². The maximum absolute atomic E-state index is 5.36. The second kappa shape index (κ2) is 13.6. The number of aromatic nitrogens is 3. The third kappa shape index (κ3) is 9.40. The zero-order valence-corrected chi connectivity index (χ0v) is 16.2. The summed E-state index contributed by atoms with van der Waals surface area (Å²) in [6, 6.07) is 0. The fourth-order valence-electron chi connectivity index (χ4n) is 2.12. The molecule has 0 fully saturated rings. The number of guanidine groups is 1. The van der Waals surface area contributed by atoms with Crippen LogP contribution < -0.4 is 10.6 Å². The Bertz CT molecular complexity index is 489. The van der Waals surface area contributed by atoms with Crippen molar-refractivity contribution in [1.29, 1.82) is 0 Å². The van der Waals surface area contributed by atoms with Crippen molar-refractivity contribution in [2.75, 3.05) is 39.5 Å². The lowest BCUT2D eigenvalue weighted by atomic mass is 10.3. The molecule has 0 aliphatic heterocycles. The van der Waals surface area contributed by atoms with E-state index >= 15 is 0 Å². The van der Waals surface area contributed by atoms with Crippen LogP contribution in [0.3, 0.4) is 0 Å². The second-order valence-corrected chi connectivity index (χ2v) is 5.70. The lowest BCUT2D eigenvalue weighted by molar-refractivity contribution is 0.143. The van der Waals surface area contributed by atoms with Crippen molar-refractivity contribution in [3.63, 3.8) is 0 Å². The topological polar surface area (TPSA) is 85.6 Å². The summed E-state index contributed by atoms with van der Waals surface area (Å²) >= 11 is 0. The smallest absolute Gasteiger partial charge is 0.191 e. The molecule has 0 unspecified atom stereocenters. The molecule has 0 radical (unpaired) electrons. The van der Waals surface area contributed by atoms with Gasteiger partial charge in [-0.2, -0.15) is 0 Å². The van der Waals surface area contributed by atoms with Gasteiger partial charge in [0.1, 0.15) is 12.4 Å². The fourth-order valence-corrected chi connectivity index (χ4v) is 2.12.